The van der Waals surface area contributed by atoms with Gasteiger partial charge in [0, 0.05) is 29.8 Å². The minimum absolute atomic E-state index is 0.809. The van der Waals surface area contributed by atoms with Gasteiger partial charge in [0.1, 0.15) is 5.82 Å². The Balaban J connectivity index is 2.20. The van der Waals surface area contributed by atoms with E-state index in [0.717, 1.165) is 23.3 Å². The lowest BCUT2D eigenvalue weighted by molar-refractivity contribution is 0.758. The highest BCUT2D eigenvalue weighted by molar-refractivity contribution is 9.10. The molecule has 1 heterocycles. The average Bonchev–Trinajstić information content (AvgIpc) is 2.66. The summed E-state index contributed by atoms with van der Waals surface area (Å²) in [5.41, 5.74) is 1.26. The van der Waals surface area contributed by atoms with Gasteiger partial charge in [-0.2, -0.15) is 0 Å². The Bertz CT molecular complexity index is 488. The zero-order chi connectivity index (χ0) is 11.4. The SMILES string of the molecule is C=CCn1ccnc1Cc1cccc(Br)c1. The molecule has 1 aromatic carbocycles. The monoisotopic (exact) mass is 276 g/mol. The van der Waals surface area contributed by atoms with Crippen LogP contribution in [0.25, 0.3) is 0 Å². The lowest BCUT2D eigenvalue weighted by atomic mass is 10.1. The number of imidazole rings is 1. The van der Waals surface area contributed by atoms with Gasteiger partial charge in [-0.3, -0.25) is 0 Å². The number of rotatable bonds is 4. The first kappa shape index (κ1) is 11.1. The van der Waals surface area contributed by atoms with Crippen molar-refractivity contribution in [1.82, 2.24) is 9.55 Å². The summed E-state index contributed by atoms with van der Waals surface area (Å²) in [6, 6.07) is 8.30. The maximum absolute atomic E-state index is 4.36. The summed E-state index contributed by atoms with van der Waals surface area (Å²) in [7, 11) is 0. The zero-order valence-corrected chi connectivity index (χ0v) is 10.5. The van der Waals surface area contributed by atoms with E-state index in [1.807, 2.05) is 30.6 Å². The third-order valence-electron chi connectivity index (χ3n) is 2.38. The molecule has 0 aliphatic heterocycles. The van der Waals surface area contributed by atoms with Gasteiger partial charge in [-0.05, 0) is 17.7 Å². The topological polar surface area (TPSA) is 17.8 Å². The highest BCUT2D eigenvalue weighted by Crippen LogP contribution is 2.14. The van der Waals surface area contributed by atoms with Crippen LogP contribution in [0.3, 0.4) is 0 Å². The fourth-order valence-corrected chi connectivity index (χ4v) is 2.09. The van der Waals surface area contributed by atoms with E-state index in [0.29, 0.717) is 0 Å². The van der Waals surface area contributed by atoms with E-state index in [2.05, 4.69) is 44.2 Å². The van der Waals surface area contributed by atoms with Crippen LogP contribution in [0.5, 0.6) is 0 Å². The van der Waals surface area contributed by atoms with Crippen molar-refractivity contribution in [3.05, 3.63) is 65.2 Å². The van der Waals surface area contributed by atoms with E-state index >= 15 is 0 Å². The molecule has 0 aliphatic rings. The molecule has 0 aliphatic carbocycles. The standard InChI is InChI=1S/C13H13BrN2/c1-2-7-16-8-6-15-13(16)10-11-4-3-5-12(14)9-11/h2-6,8-9H,1,7,10H2. The minimum Gasteiger partial charge on any atom is -0.331 e. The van der Waals surface area contributed by atoms with Crippen molar-refractivity contribution >= 4 is 15.9 Å². The van der Waals surface area contributed by atoms with Gasteiger partial charge in [-0.1, -0.05) is 34.1 Å². The number of halogens is 1. The summed E-state index contributed by atoms with van der Waals surface area (Å²) in [5.74, 6) is 1.07. The smallest absolute Gasteiger partial charge is 0.113 e. The van der Waals surface area contributed by atoms with Crippen molar-refractivity contribution < 1.29 is 0 Å². The third kappa shape index (κ3) is 2.61. The fraction of sp³-hybridized carbons (Fsp3) is 0.154. The van der Waals surface area contributed by atoms with E-state index in [9.17, 15) is 0 Å². The Hall–Kier alpha value is -1.35. The van der Waals surface area contributed by atoms with Crippen LogP contribution in [0.4, 0.5) is 0 Å². The first-order chi connectivity index (χ1) is 7.79. The van der Waals surface area contributed by atoms with Crippen LogP contribution in [0.2, 0.25) is 0 Å². The first-order valence-electron chi connectivity index (χ1n) is 5.15. The summed E-state index contributed by atoms with van der Waals surface area (Å²) in [5, 5.41) is 0. The maximum Gasteiger partial charge on any atom is 0.113 e. The second-order valence-electron chi connectivity index (χ2n) is 3.59. The van der Waals surface area contributed by atoms with E-state index < -0.39 is 0 Å². The van der Waals surface area contributed by atoms with Crippen molar-refractivity contribution in [2.75, 3.05) is 0 Å². The third-order valence-corrected chi connectivity index (χ3v) is 2.87. The molecule has 0 atom stereocenters. The first-order valence-corrected chi connectivity index (χ1v) is 5.94. The maximum atomic E-state index is 4.36. The second kappa shape index (κ2) is 5.12. The normalized spacial score (nSPS) is 10.3. The molecule has 0 saturated heterocycles. The van der Waals surface area contributed by atoms with Crippen LogP contribution in [0.15, 0.2) is 53.8 Å². The van der Waals surface area contributed by atoms with Gasteiger partial charge in [0.25, 0.3) is 0 Å². The largest absolute Gasteiger partial charge is 0.331 e. The van der Waals surface area contributed by atoms with Gasteiger partial charge in [-0.25, -0.2) is 4.98 Å². The Morgan fingerprint density at radius 2 is 2.31 bits per heavy atom. The molecule has 2 aromatic rings. The van der Waals surface area contributed by atoms with Crippen LogP contribution in [0, 0.1) is 0 Å². The fourth-order valence-electron chi connectivity index (χ4n) is 1.64. The van der Waals surface area contributed by atoms with Crippen LogP contribution in [-0.2, 0) is 13.0 Å². The zero-order valence-electron chi connectivity index (χ0n) is 8.94. The number of aromatic nitrogens is 2. The molecule has 2 rings (SSSR count). The van der Waals surface area contributed by atoms with Crippen molar-refractivity contribution in [2.24, 2.45) is 0 Å². The van der Waals surface area contributed by atoms with Crippen molar-refractivity contribution in [1.29, 1.82) is 0 Å². The van der Waals surface area contributed by atoms with Crippen molar-refractivity contribution in [3.63, 3.8) is 0 Å². The molecular weight excluding hydrogens is 264 g/mol. The minimum atomic E-state index is 0.809. The number of hydrogen-bond acceptors (Lipinski definition) is 1. The summed E-state index contributed by atoms with van der Waals surface area (Å²) < 4.78 is 3.21. The Labute approximate surface area is 104 Å². The van der Waals surface area contributed by atoms with Crippen LogP contribution < -0.4 is 0 Å². The molecule has 2 nitrogen and oxygen atoms in total. The summed E-state index contributed by atoms with van der Waals surface area (Å²) in [6.07, 6.45) is 6.54. The molecule has 0 spiro atoms. The van der Waals surface area contributed by atoms with Gasteiger partial charge in [0.05, 0.1) is 0 Å². The molecule has 0 radical (unpaired) electrons. The predicted octanol–water partition coefficient (Wildman–Crippen LogP) is 3.42. The van der Waals surface area contributed by atoms with Gasteiger partial charge < -0.3 is 4.57 Å². The van der Waals surface area contributed by atoms with E-state index in [1.54, 1.807) is 0 Å². The molecule has 0 fully saturated rings. The molecule has 0 bridgehead atoms. The Morgan fingerprint density at radius 1 is 1.44 bits per heavy atom. The predicted molar refractivity (Wildman–Crippen MR) is 69.4 cm³/mol. The highest BCUT2D eigenvalue weighted by atomic mass is 79.9. The summed E-state index contributed by atoms with van der Waals surface area (Å²) in [6.45, 7) is 4.55. The molecule has 0 saturated carbocycles. The Kier molecular flexibility index (Phi) is 3.57. The quantitative estimate of drug-likeness (QED) is 0.783. The van der Waals surface area contributed by atoms with Gasteiger partial charge in [-0.15, -0.1) is 6.58 Å². The summed E-state index contributed by atoms with van der Waals surface area (Å²) >= 11 is 3.47. The van der Waals surface area contributed by atoms with Gasteiger partial charge >= 0.3 is 0 Å². The molecular formula is C13H13BrN2. The number of hydrogen-bond donors (Lipinski definition) is 0. The van der Waals surface area contributed by atoms with Crippen LogP contribution >= 0.6 is 15.9 Å². The molecule has 1 aromatic heterocycles. The van der Waals surface area contributed by atoms with E-state index in [4.69, 9.17) is 0 Å². The lowest BCUT2D eigenvalue weighted by Gasteiger charge is -2.05. The Morgan fingerprint density at radius 3 is 3.06 bits per heavy atom. The van der Waals surface area contributed by atoms with E-state index in [1.165, 1.54) is 5.56 Å². The summed E-state index contributed by atoms with van der Waals surface area (Å²) in [4.78, 5) is 4.36. The van der Waals surface area contributed by atoms with E-state index in [-0.39, 0.29) is 0 Å². The van der Waals surface area contributed by atoms with Crippen molar-refractivity contribution in [3.8, 4) is 0 Å². The van der Waals surface area contributed by atoms with Gasteiger partial charge in [0.15, 0.2) is 0 Å². The van der Waals surface area contributed by atoms with Gasteiger partial charge in [0.2, 0.25) is 0 Å². The molecule has 82 valence electrons. The molecule has 0 N–H and O–H groups in total. The van der Waals surface area contributed by atoms with Crippen molar-refractivity contribution in [2.45, 2.75) is 13.0 Å². The number of allylic oxidation sites excluding steroid dienone is 1. The molecule has 0 unspecified atom stereocenters. The lowest BCUT2D eigenvalue weighted by Crippen LogP contribution is -2.02. The van der Waals surface area contributed by atoms with Crippen LogP contribution in [-0.4, -0.2) is 9.55 Å². The number of benzene rings is 1. The molecule has 3 heteroatoms. The second-order valence-corrected chi connectivity index (χ2v) is 4.51. The number of nitrogens with zero attached hydrogens (tertiary/aromatic N) is 2. The highest BCUT2D eigenvalue weighted by Gasteiger charge is 2.03. The average molecular weight is 277 g/mol. The van der Waals surface area contributed by atoms with Crippen LogP contribution in [0.1, 0.15) is 11.4 Å². The molecule has 16 heavy (non-hydrogen) atoms. The molecule has 0 amide bonds.